The second-order valence-electron chi connectivity index (χ2n) is 6.99. The van der Waals surface area contributed by atoms with Crippen LogP contribution in [0.1, 0.15) is 21.9 Å². The number of methoxy groups -OCH3 is 1. The van der Waals surface area contributed by atoms with Crippen molar-refractivity contribution in [1.82, 2.24) is 4.90 Å². The van der Waals surface area contributed by atoms with Gasteiger partial charge in [0.25, 0.3) is 5.91 Å². The number of amides is 1. The van der Waals surface area contributed by atoms with E-state index in [9.17, 15) is 13.2 Å². The zero-order valence-electron chi connectivity index (χ0n) is 17.3. The average Bonchev–Trinajstić information content (AvgIpc) is 3.52. The molecular formula is C24H21NO6S. The Bertz CT molecular complexity index is 1290. The molecule has 0 aliphatic carbocycles. The molecule has 0 saturated carbocycles. The van der Waals surface area contributed by atoms with Gasteiger partial charge in [-0.15, -0.1) is 0 Å². The first-order valence-electron chi connectivity index (χ1n) is 9.82. The minimum Gasteiger partial charge on any atom is -0.496 e. The molecular weight excluding hydrogens is 430 g/mol. The van der Waals surface area contributed by atoms with Gasteiger partial charge in [0.2, 0.25) is 14.9 Å². The lowest BCUT2D eigenvalue weighted by atomic mass is 10.1. The number of benzene rings is 2. The van der Waals surface area contributed by atoms with Crippen molar-refractivity contribution in [1.29, 1.82) is 0 Å². The number of sulfone groups is 1. The molecule has 0 spiro atoms. The number of hydrogen-bond acceptors (Lipinski definition) is 6. The predicted octanol–water partition coefficient (Wildman–Crippen LogP) is 4.56. The fourth-order valence-electron chi connectivity index (χ4n) is 3.28. The Kier molecular flexibility index (Phi) is 6.13. The van der Waals surface area contributed by atoms with Crippen LogP contribution in [0.3, 0.4) is 0 Å². The zero-order valence-corrected chi connectivity index (χ0v) is 18.1. The van der Waals surface area contributed by atoms with Gasteiger partial charge >= 0.3 is 0 Å². The number of rotatable bonds is 8. The second-order valence-corrected chi connectivity index (χ2v) is 8.87. The number of hydrogen-bond donors (Lipinski definition) is 0. The summed E-state index contributed by atoms with van der Waals surface area (Å²) in [7, 11) is -2.31. The number of carbonyl (C=O) groups excluding carboxylic acids is 1. The molecule has 32 heavy (non-hydrogen) atoms. The van der Waals surface area contributed by atoms with Crippen molar-refractivity contribution in [3.63, 3.8) is 0 Å². The standard InChI is InChI=1S/C24H21NO6S/c1-29-21-12-6-5-8-18(21)16-25(17-19-9-7-15-30-19)24(26)22-13-14-23(31-22)32(27,28)20-10-3-2-4-11-20/h2-15H,16-17H2,1H3. The Morgan fingerprint density at radius 2 is 1.66 bits per heavy atom. The highest BCUT2D eigenvalue weighted by molar-refractivity contribution is 7.91. The van der Waals surface area contributed by atoms with Crippen LogP contribution in [0.4, 0.5) is 0 Å². The molecule has 2 heterocycles. The highest BCUT2D eigenvalue weighted by Crippen LogP contribution is 2.26. The van der Waals surface area contributed by atoms with E-state index in [0.717, 1.165) is 5.56 Å². The largest absolute Gasteiger partial charge is 0.496 e. The molecule has 0 radical (unpaired) electrons. The molecule has 0 atom stereocenters. The van der Waals surface area contributed by atoms with Gasteiger partial charge in [-0.2, -0.15) is 0 Å². The van der Waals surface area contributed by atoms with E-state index < -0.39 is 15.7 Å². The van der Waals surface area contributed by atoms with E-state index in [1.54, 1.807) is 37.4 Å². The van der Waals surface area contributed by atoms with E-state index in [1.165, 1.54) is 35.4 Å². The van der Waals surface area contributed by atoms with Crippen LogP contribution in [0.15, 0.2) is 104 Å². The van der Waals surface area contributed by atoms with Crippen LogP contribution < -0.4 is 4.74 Å². The van der Waals surface area contributed by atoms with Crippen molar-refractivity contribution in [2.24, 2.45) is 0 Å². The second kappa shape index (κ2) is 9.15. The Hall–Kier alpha value is -3.78. The van der Waals surface area contributed by atoms with Gasteiger partial charge in [0, 0.05) is 5.56 Å². The number of para-hydroxylation sites is 1. The number of nitrogens with zero attached hydrogens (tertiary/aromatic N) is 1. The third-order valence-corrected chi connectivity index (χ3v) is 6.52. The number of ether oxygens (including phenoxy) is 1. The monoisotopic (exact) mass is 451 g/mol. The van der Waals surface area contributed by atoms with Gasteiger partial charge in [0.05, 0.1) is 31.4 Å². The average molecular weight is 452 g/mol. The van der Waals surface area contributed by atoms with E-state index >= 15 is 0 Å². The molecule has 8 heteroatoms. The Labute approximate surface area is 185 Å². The van der Waals surface area contributed by atoms with E-state index in [1.807, 2.05) is 24.3 Å². The fraction of sp³-hybridized carbons (Fsp3) is 0.125. The summed E-state index contributed by atoms with van der Waals surface area (Å²) in [4.78, 5) is 14.9. The van der Waals surface area contributed by atoms with Gasteiger partial charge in [-0.05, 0) is 42.5 Å². The molecule has 7 nitrogen and oxygen atoms in total. The normalized spacial score (nSPS) is 11.3. The maximum absolute atomic E-state index is 13.3. The lowest BCUT2D eigenvalue weighted by molar-refractivity contribution is 0.0678. The topological polar surface area (TPSA) is 90.0 Å². The van der Waals surface area contributed by atoms with Crippen molar-refractivity contribution < 1.29 is 26.8 Å². The summed E-state index contributed by atoms with van der Waals surface area (Å²) < 4.78 is 42.0. The van der Waals surface area contributed by atoms with E-state index in [4.69, 9.17) is 13.6 Å². The molecule has 0 aliphatic rings. The third kappa shape index (κ3) is 4.45. The zero-order chi connectivity index (χ0) is 22.6. The molecule has 0 fully saturated rings. The molecule has 2 aromatic carbocycles. The molecule has 4 aromatic rings. The molecule has 4 rings (SSSR count). The maximum atomic E-state index is 13.3. The summed E-state index contributed by atoms with van der Waals surface area (Å²) in [6.45, 7) is 0.385. The quantitative estimate of drug-likeness (QED) is 0.390. The van der Waals surface area contributed by atoms with Crippen LogP contribution in [0.2, 0.25) is 0 Å². The molecule has 0 N–H and O–H groups in total. The molecule has 0 aliphatic heterocycles. The predicted molar refractivity (Wildman–Crippen MR) is 116 cm³/mol. The molecule has 164 valence electrons. The van der Waals surface area contributed by atoms with Crippen molar-refractivity contribution in [2.45, 2.75) is 23.1 Å². The molecule has 1 amide bonds. The summed E-state index contributed by atoms with van der Waals surface area (Å²) in [6, 6.07) is 21.4. The van der Waals surface area contributed by atoms with E-state index in [0.29, 0.717) is 11.5 Å². The summed E-state index contributed by atoms with van der Waals surface area (Å²) in [5.41, 5.74) is 0.790. The van der Waals surface area contributed by atoms with Crippen LogP contribution in [0, 0.1) is 0 Å². The first-order valence-corrected chi connectivity index (χ1v) is 11.3. The fourth-order valence-corrected chi connectivity index (χ4v) is 4.47. The van der Waals surface area contributed by atoms with Crippen LogP contribution in [0.25, 0.3) is 0 Å². The van der Waals surface area contributed by atoms with Crippen LogP contribution in [-0.4, -0.2) is 26.3 Å². The van der Waals surface area contributed by atoms with E-state index in [-0.39, 0.29) is 28.8 Å². The van der Waals surface area contributed by atoms with Crippen molar-refractivity contribution in [3.8, 4) is 5.75 Å². The third-order valence-electron chi connectivity index (χ3n) is 4.88. The number of furan rings is 2. The molecule has 0 unspecified atom stereocenters. The lowest BCUT2D eigenvalue weighted by Gasteiger charge is -2.22. The Morgan fingerprint density at radius 3 is 2.38 bits per heavy atom. The van der Waals surface area contributed by atoms with Crippen molar-refractivity contribution in [2.75, 3.05) is 7.11 Å². The lowest BCUT2D eigenvalue weighted by Crippen LogP contribution is -2.30. The molecule has 0 saturated heterocycles. The van der Waals surface area contributed by atoms with Gasteiger partial charge < -0.3 is 18.5 Å². The highest BCUT2D eigenvalue weighted by atomic mass is 32.2. The summed E-state index contributed by atoms with van der Waals surface area (Å²) in [5, 5.41) is -0.290. The highest BCUT2D eigenvalue weighted by Gasteiger charge is 2.26. The maximum Gasteiger partial charge on any atom is 0.290 e. The van der Waals surface area contributed by atoms with Gasteiger partial charge in [-0.25, -0.2) is 8.42 Å². The molecule has 2 aromatic heterocycles. The van der Waals surface area contributed by atoms with Crippen molar-refractivity contribution in [3.05, 3.63) is 102 Å². The van der Waals surface area contributed by atoms with Crippen LogP contribution in [0.5, 0.6) is 5.75 Å². The summed E-state index contributed by atoms with van der Waals surface area (Å²) in [5.74, 6) is 0.663. The van der Waals surface area contributed by atoms with Crippen molar-refractivity contribution >= 4 is 15.7 Å². The van der Waals surface area contributed by atoms with Gasteiger partial charge in [0.1, 0.15) is 11.5 Å². The molecule has 0 bridgehead atoms. The minimum absolute atomic E-state index is 0.0824. The Balaban J connectivity index is 1.64. The SMILES string of the molecule is COc1ccccc1CN(Cc1ccco1)C(=O)c1ccc(S(=O)(=O)c2ccccc2)o1. The number of carbonyl (C=O) groups is 1. The van der Waals surface area contributed by atoms with Gasteiger partial charge in [0.15, 0.2) is 5.76 Å². The summed E-state index contributed by atoms with van der Waals surface area (Å²) >= 11 is 0. The van der Waals surface area contributed by atoms with E-state index in [2.05, 4.69) is 0 Å². The van der Waals surface area contributed by atoms with Crippen LogP contribution >= 0.6 is 0 Å². The Morgan fingerprint density at radius 1 is 0.906 bits per heavy atom. The smallest absolute Gasteiger partial charge is 0.290 e. The van der Waals surface area contributed by atoms with Crippen LogP contribution in [-0.2, 0) is 22.9 Å². The van der Waals surface area contributed by atoms with Gasteiger partial charge in [-0.3, -0.25) is 4.79 Å². The first-order chi connectivity index (χ1) is 15.5. The summed E-state index contributed by atoms with van der Waals surface area (Å²) in [6.07, 6.45) is 1.53. The first kappa shape index (κ1) is 21.5. The minimum atomic E-state index is -3.87. The van der Waals surface area contributed by atoms with Gasteiger partial charge in [-0.1, -0.05) is 36.4 Å².